The van der Waals surface area contributed by atoms with Gasteiger partial charge in [0.1, 0.15) is 0 Å². The molecule has 4 rings (SSSR count). The third-order valence-electron chi connectivity index (χ3n) is 6.60. The molecule has 0 aliphatic rings. The van der Waals surface area contributed by atoms with E-state index in [1.165, 1.54) is 27.8 Å². The molecule has 0 atom stereocenters. The van der Waals surface area contributed by atoms with Crippen LogP contribution in [0, 0.1) is 0 Å². The van der Waals surface area contributed by atoms with Crippen molar-refractivity contribution in [3.05, 3.63) is 154 Å². The summed E-state index contributed by atoms with van der Waals surface area (Å²) >= 11 is 0. The van der Waals surface area contributed by atoms with E-state index in [0.717, 1.165) is 40.7 Å². The molecule has 0 saturated heterocycles. The van der Waals surface area contributed by atoms with Crippen molar-refractivity contribution < 1.29 is 10.2 Å². The van der Waals surface area contributed by atoms with Gasteiger partial charge in [-0.2, -0.15) is 0 Å². The van der Waals surface area contributed by atoms with Crippen molar-refractivity contribution >= 4 is 11.1 Å². The molecule has 0 heterocycles. The summed E-state index contributed by atoms with van der Waals surface area (Å²) < 4.78 is 0. The molecule has 0 aliphatic carbocycles. The van der Waals surface area contributed by atoms with Crippen LogP contribution < -0.4 is 0 Å². The van der Waals surface area contributed by atoms with E-state index in [1.54, 1.807) is 0 Å². The zero-order chi connectivity index (χ0) is 25.3. The minimum atomic E-state index is 0.0239. The van der Waals surface area contributed by atoms with Crippen molar-refractivity contribution in [2.45, 2.75) is 39.9 Å². The Labute approximate surface area is 214 Å². The Bertz CT molecular complexity index is 1240. The zero-order valence-electron chi connectivity index (χ0n) is 21.1. The molecule has 4 aromatic rings. The van der Waals surface area contributed by atoms with Crippen LogP contribution in [0.2, 0.25) is 0 Å². The van der Waals surface area contributed by atoms with Gasteiger partial charge in [0.05, 0.1) is 13.2 Å². The molecule has 0 fully saturated rings. The molecule has 0 unspecified atom stereocenters. The van der Waals surface area contributed by atoms with Gasteiger partial charge in [-0.25, -0.2) is 0 Å². The third kappa shape index (κ3) is 6.09. The molecule has 2 N–H and O–H groups in total. The number of benzene rings is 4. The van der Waals surface area contributed by atoms with Gasteiger partial charge in [0.15, 0.2) is 0 Å². The van der Waals surface area contributed by atoms with Gasteiger partial charge in [0.2, 0.25) is 0 Å². The lowest BCUT2D eigenvalue weighted by Crippen LogP contribution is -1.93. The summed E-state index contributed by atoms with van der Waals surface area (Å²) in [5, 5.41) is 19.0. The number of aryl methyl sites for hydroxylation is 2. The minimum Gasteiger partial charge on any atom is -0.392 e. The molecule has 182 valence electrons. The standard InChI is InChI=1S/C34H34O2/c1-3-25-7-5-9-31(21-25)34(32-10-6-8-26(4-2)22-32)20-19-33(29-15-11-27(23-35)12-16-29)30-17-13-28(24-36)14-18-30/h5-22,35-36H,3-4,23-24H2,1-2H3. The Morgan fingerprint density at radius 2 is 0.889 bits per heavy atom. The molecule has 2 heteroatoms. The summed E-state index contributed by atoms with van der Waals surface area (Å²) in [6.45, 7) is 4.42. The van der Waals surface area contributed by atoms with E-state index in [4.69, 9.17) is 0 Å². The third-order valence-corrected chi connectivity index (χ3v) is 6.60. The lowest BCUT2D eigenvalue weighted by Gasteiger charge is -2.13. The number of aliphatic hydroxyl groups excluding tert-OH is 2. The summed E-state index contributed by atoms with van der Waals surface area (Å²) in [5.41, 5.74) is 11.2. The fourth-order valence-corrected chi connectivity index (χ4v) is 4.38. The molecule has 2 nitrogen and oxygen atoms in total. The topological polar surface area (TPSA) is 40.5 Å². The smallest absolute Gasteiger partial charge is 0.0681 e. The molecule has 0 aromatic heterocycles. The zero-order valence-corrected chi connectivity index (χ0v) is 21.1. The second-order valence-corrected chi connectivity index (χ2v) is 8.98. The van der Waals surface area contributed by atoms with E-state index in [9.17, 15) is 10.2 Å². The quantitative estimate of drug-likeness (QED) is 0.249. The van der Waals surface area contributed by atoms with E-state index in [1.807, 2.05) is 24.3 Å². The molecule has 0 aliphatic heterocycles. The summed E-state index contributed by atoms with van der Waals surface area (Å²) in [6.07, 6.45) is 6.39. The first kappa shape index (κ1) is 25.4. The summed E-state index contributed by atoms with van der Waals surface area (Å²) in [5.74, 6) is 0. The maximum absolute atomic E-state index is 9.51. The number of allylic oxidation sites excluding steroid dienone is 2. The highest BCUT2D eigenvalue weighted by Gasteiger charge is 2.09. The van der Waals surface area contributed by atoms with Crippen LogP contribution in [0.15, 0.2) is 109 Å². The lowest BCUT2D eigenvalue weighted by molar-refractivity contribution is 0.281. The van der Waals surface area contributed by atoms with E-state index < -0.39 is 0 Å². The van der Waals surface area contributed by atoms with Crippen molar-refractivity contribution in [3.63, 3.8) is 0 Å². The molecule has 0 radical (unpaired) electrons. The van der Waals surface area contributed by atoms with Crippen LogP contribution in [0.5, 0.6) is 0 Å². The van der Waals surface area contributed by atoms with Crippen LogP contribution in [0.3, 0.4) is 0 Å². The number of hydrogen-bond acceptors (Lipinski definition) is 2. The van der Waals surface area contributed by atoms with Crippen LogP contribution in [0.4, 0.5) is 0 Å². The predicted octanol–water partition coefficient (Wildman–Crippen LogP) is 7.36. The van der Waals surface area contributed by atoms with E-state index >= 15 is 0 Å². The molecule has 0 bridgehead atoms. The highest BCUT2D eigenvalue weighted by atomic mass is 16.3. The average Bonchev–Trinajstić information content (AvgIpc) is 2.95. The first-order valence-electron chi connectivity index (χ1n) is 12.7. The molecule has 4 aromatic carbocycles. The molecular formula is C34H34O2. The van der Waals surface area contributed by atoms with E-state index in [2.05, 4.69) is 98.8 Å². The van der Waals surface area contributed by atoms with Crippen LogP contribution in [0.1, 0.15) is 58.4 Å². The highest BCUT2D eigenvalue weighted by Crippen LogP contribution is 2.29. The fourth-order valence-electron chi connectivity index (χ4n) is 4.38. The van der Waals surface area contributed by atoms with Gasteiger partial charge in [-0.05, 0) is 68.5 Å². The van der Waals surface area contributed by atoms with Gasteiger partial charge < -0.3 is 10.2 Å². The average molecular weight is 475 g/mol. The Morgan fingerprint density at radius 1 is 0.500 bits per heavy atom. The first-order valence-corrected chi connectivity index (χ1v) is 12.7. The van der Waals surface area contributed by atoms with Crippen molar-refractivity contribution in [2.24, 2.45) is 0 Å². The summed E-state index contributed by atoms with van der Waals surface area (Å²) in [6, 6.07) is 33.6. The molecule has 0 saturated carbocycles. The molecule has 0 spiro atoms. The maximum atomic E-state index is 9.51. The van der Waals surface area contributed by atoms with Gasteiger partial charge in [0.25, 0.3) is 0 Å². The van der Waals surface area contributed by atoms with Crippen molar-refractivity contribution in [1.82, 2.24) is 0 Å². The summed E-state index contributed by atoms with van der Waals surface area (Å²) in [4.78, 5) is 0. The van der Waals surface area contributed by atoms with Crippen molar-refractivity contribution in [3.8, 4) is 0 Å². The number of hydrogen-bond donors (Lipinski definition) is 2. The Morgan fingerprint density at radius 3 is 1.25 bits per heavy atom. The largest absolute Gasteiger partial charge is 0.392 e. The lowest BCUT2D eigenvalue weighted by atomic mass is 9.92. The van der Waals surface area contributed by atoms with Crippen LogP contribution in [-0.2, 0) is 26.1 Å². The number of aliphatic hydroxyl groups is 2. The second-order valence-electron chi connectivity index (χ2n) is 8.98. The molecule has 36 heavy (non-hydrogen) atoms. The van der Waals surface area contributed by atoms with Gasteiger partial charge in [0, 0.05) is 0 Å². The summed E-state index contributed by atoms with van der Waals surface area (Å²) in [7, 11) is 0. The van der Waals surface area contributed by atoms with E-state index in [0.29, 0.717) is 0 Å². The Kier molecular flexibility index (Phi) is 8.67. The van der Waals surface area contributed by atoms with Crippen LogP contribution >= 0.6 is 0 Å². The van der Waals surface area contributed by atoms with Crippen molar-refractivity contribution in [1.29, 1.82) is 0 Å². The highest BCUT2D eigenvalue weighted by molar-refractivity contribution is 5.86. The minimum absolute atomic E-state index is 0.0239. The second kappa shape index (κ2) is 12.3. The fraction of sp³-hybridized carbons (Fsp3) is 0.176. The maximum Gasteiger partial charge on any atom is 0.0681 e. The van der Waals surface area contributed by atoms with Gasteiger partial charge in [-0.1, -0.05) is 123 Å². The SMILES string of the molecule is CCc1cccc(C(=CC=C(c2ccc(CO)cc2)c2ccc(CO)cc2)c2cccc(CC)c2)c1. The molecule has 0 amide bonds. The molecular weight excluding hydrogens is 440 g/mol. The predicted molar refractivity (Wildman–Crippen MR) is 151 cm³/mol. The monoisotopic (exact) mass is 474 g/mol. The van der Waals surface area contributed by atoms with Crippen LogP contribution in [0.25, 0.3) is 11.1 Å². The Balaban J connectivity index is 1.89. The van der Waals surface area contributed by atoms with Crippen molar-refractivity contribution in [2.75, 3.05) is 0 Å². The number of rotatable bonds is 9. The van der Waals surface area contributed by atoms with Gasteiger partial charge >= 0.3 is 0 Å². The Hall–Kier alpha value is -3.72. The van der Waals surface area contributed by atoms with Gasteiger partial charge in [-0.15, -0.1) is 0 Å². The van der Waals surface area contributed by atoms with Gasteiger partial charge in [-0.3, -0.25) is 0 Å². The normalized spacial score (nSPS) is 10.7. The first-order chi connectivity index (χ1) is 17.6. The van der Waals surface area contributed by atoms with Crippen LogP contribution in [-0.4, -0.2) is 10.2 Å². The van der Waals surface area contributed by atoms with E-state index in [-0.39, 0.29) is 13.2 Å².